The van der Waals surface area contributed by atoms with Crippen LogP contribution >= 0.6 is 0 Å². The van der Waals surface area contributed by atoms with Crippen LogP contribution in [0.4, 0.5) is 0 Å². The van der Waals surface area contributed by atoms with E-state index in [1.54, 1.807) is 0 Å². The molecule has 4 heteroatoms. The minimum Gasteiger partial charge on any atom is -0.396 e. The van der Waals surface area contributed by atoms with E-state index in [2.05, 4.69) is 19.9 Å². The van der Waals surface area contributed by atoms with Crippen molar-refractivity contribution in [3.63, 3.8) is 0 Å². The SMILES string of the molecule is CC1(C(=O)CO)C=C2CCC3C(C)(CO)CC(O)CC3(C)C2CC1. The summed E-state index contributed by atoms with van der Waals surface area (Å²) in [5.41, 5.74) is 0.540. The zero-order chi connectivity index (χ0) is 17.8. The lowest BCUT2D eigenvalue weighted by molar-refractivity contribution is -0.137. The van der Waals surface area contributed by atoms with Crippen LogP contribution in [-0.2, 0) is 4.79 Å². The molecule has 0 aliphatic heterocycles. The van der Waals surface area contributed by atoms with Gasteiger partial charge in [-0.25, -0.2) is 0 Å². The summed E-state index contributed by atoms with van der Waals surface area (Å²) < 4.78 is 0. The van der Waals surface area contributed by atoms with Crippen molar-refractivity contribution in [2.75, 3.05) is 13.2 Å². The molecule has 3 rings (SSSR count). The molecule has 0 amide bonds. The molecule has 3 aliphatic rings. The molecule has 0 bridgehead atoms. The van der Waals surface area contributed by atoms with E-state index in [-0.39, 0.29) is 29.3 Å². The van der Waals surface area contributed by atoms with Gasteiger partial charge in [0.1, 0.15) is 6.61 Å². The lowest BCUT2D eigenvalue weighted by Gasteiger charge is -2.60. The number of carbonyl (C=O) groups excluding carboxylic acids is 1. The highest BCUT2D eigenvalue weighted by molar-refractivity contribution is 5.87. The molecule has 0 spiro atoms. The second-order valence-electron chi connectivity index (χ2n) is 9.28. The molecule has 136 valence electrons. The molecule has 3 aliphatic carbocycles. The second-order valence-corrected chi connectivity index (χ2v) is 9.28. The predicted molar refractivity (Wildman–Crippen MR) is 92.3 cm³/mol. The Morgan fingerprint density at radius 3 is 2.54 bits per heavy atom. The molecule has 0 aromatic carbocycles. The number of ketones is 1. The van der Waals surface area contributed by atoms with Crippen molar-refractivity contribution >= 4 is 5.78 Å². The van der Waals surface area contributed by atoms with E-state index in [9.17, 15) is 20.1 Å². The Balaban J connectivity index is 1.97. The van der Waals surface area contributed by atoms with Gasteiger partial charge in [-0.05, 0) is 68.1 Å². The van der Waals surface area contributed by atoms with Gasteiger partial charge in [0.25, 0.3) is 0 Å². The number of allylic oxidation sites excluding steroid dienone is 2. The number of rotatable bonds is 3. The van der Waals surface area contributed by atoms with Gasteiger partial charge in [0.05, 0.1) is 6.10 Å². The Bertz CT molecular complexity index is 556. The quantitative estimate of drug-likeness (QED) is 0.692. The van der Waals surface area contributed by atoms with E-state index in [0.29, 0.717) is 18.3 Å². The van der Waals surface area contributed by atoms with Gasteiger partial charge in [-0.1, -0.05) is 25.5 Å². The lowest BCUT2D eigenvalue weighted by atomic mass is 9.45. The van der Waals surface area contributed by atoms with Crippen molar-refractivity contribution < 1.29 is 20.1 Å². The molecular weight excluding hydrogens is 304 g/mol. The first-order chi connectivity index (χ1) is 11.2. The number of Topliss-reactive ketones (excluding diaryl/α,β-unsaturated/α-hetero) is 1. The number of fused-ring (bicyclic) bond motifs is 3. The second kappa shape index (κ2) is 5.93. The number of carbonyl (C=O) groups is 1. The summed E-state index contributed by atoms with van der Waals surface area (Å²) in [6, 6.07) is 0. The third kappa shape index (κ3) is 2.58. The average molecular weight is 336 g/mol. The molecule has 0 aromatic heterocycles. The van der Waals surface area contributed by atoms with Crippen molar-refractivity contribution in [1.82, 2.24) is 0 Å². The standard InChI is InChI=1S/C20H32O4/c1-18(17(24)11-21)7-6-15-13(8-18)4-5-16-19(2,12-22)9-14(23)10-20(15,16)3/h8,14-16,21-23H,4-7,9-12H2,1-3H3. The van der Waals surface area contributed by atoms with Gasteiger partial charge < -0.3 is 15.3 Å². The highest BCUT2D eigenvalue weighted by Gasteiger charge is 2.57. The van der Waals surface area contributed by atoms with Gasteiger partial charge in [-0.15, -0.1) is 0 Å². The minimum atomic E-state index is -0.544. The summed E-state index contributed by atoms with van der Waals surface area (Å²) >= 11 is 0. The smallest absolute Gasteiger partial charge is 0.167 e. The maximum absolute atomic E-state index is 12.2. The minimum absolute atomic E-state index is 0.0250. The molecule has 0 radical (unpaired) electrons. The third-order valence-corrected chi connectivity index (χ3v) is 7.58. The highest BCUT2D eigenvalue weighted by atomic mass is 16.3. The van der Waals surface area contributed by atoms with Crippen LogP contribution in [0.5, 0.6) is 0 Å². The Morgan fingerprint density at radius 2 is 1.92 bits per heavy atom. The number of aliphatic hydroxyl groups excluding tert-OH is 3. The van der Waals surface area contributed by atoms with Gasteiger partial charge in [0.15, 0.2) is 5.78 Å². The van der Waals surface area contributed by atoms with Crippen LogP contribution in [-0.4, -0.2) is 40.4 Å². The van der Waals surface area contributed by atoms with Gasteiger partial charge in [0, 0.05) is 12.0 Å². The number of aliphatic hydroxyl groups is 3. The predicted octanol–water partition coefficient (Wildman–Crippen LogP) is 2.46. The monoisotopic (exact) mass is 336 g/mol. The fourth-order valence-electron chi connectivity index (χ4n) is 6.36. The van der Waals surface area contributed by atoms with Crippen LogP contribution in [0.15, 0.2) is 11.6 Å². The van der Waals surface area contributed by atoms with Crippen LogP contribution < -0.4 is 0 Å². The molecule has 3 N–H and O–H groups in total. The van der Waals surface area contributed by atoms with Gasteiger partial charge in [-0.3, -0.25) is 4.79 Å². The van der Waals surface area contributed by atoms with E-state index in [1.165, 1.54) is 5.57 Å². The summed E-state index contributed by atoms with van der Waals surface area (Å²) in [6.07, 6.45) is 6.87. The molecule has 2 fully saturated rings. The van der Waals surface area contributed by atoms with E-state index in [1.807, 2.05) is 6.92 Å². The Hall–Kier alpha value is -0.710. The van der Waals surface area contributed by atoms with Crippen molar-refractivity contribution in [3.8, 4) is 0 Å². The average Bonchev–Trinajstić information content (AvgIpc) is 2.52. The van der Waals surface area contributed by atoms with Crippen molar-refractivity contribution in [1.29, 1.82) is 0 Å². The first kappa shape index (κ1) is 18.1. The summed E-state index contributed by atoms with van der Waals surface area (Å²) in [4.78, 5) is 12.2. The maximum Gasteiger partial charge on any atom is 0.167 e. The van der Waals surface area contributed by atoms with Gasteiger partial charge >= 0.3 is 0 Å². The van der Waals surface area contributed by atoms with E-state index < -0.39 is 12.0 Å². The molecule has 2 saturated carbocycles. The first-order valence-corrected chi connectivity index (χ1v) is 9.33. The van der Waals surface area contributed by atoms with Gasteiger partial charge in [0.2, 0.25) is 0 Å². The van der Waals surface area contributed by atoms with E-state index in [4.69, 9.17) is 0 Å². The summed E-state index contributed by atoms with van der Waals surface area (Å²) in [6.45, 7) is 6.07. The first-order valence-electron chi connectivity index (χ1n) is 9.33. The molecule has 4 nitrogen and oxygen atoms in total. The number of hydrogen-bond acceptors (Lipinski definition) is 4. The van der Waals surface area contributed by atoms with Crippen LogP contribution in [0, 0.1) is 28.1 Å². The van der Waals surface area contributed by atoms with E-state index >= 15 is 0 Å². The Labute approximate surface area is 145 Å². The van der Waals surface area contributed by atoms with Crippen molar-refractivity contribution in [3.05, 3.63) is 11.6 Å². The summed E-state index contributed by atoms with van der Waals surface area (Å²) in [5, 5.41) is 29.8. The third-order valence-electron chi connectivity index (χ3n) is 7.58. The molecule has 24 heavy (non-hydrogen) atoms. The topological polar surface area (TPSA) is 77.8 Å². The van der Waals surface area contributed by atoms with Gasteiger partial charge in [-0.2, -0.15) is 0 Å². The summed E-state index contributed by atoms with van der Waals surface area (Å²) in [5.74, 6) is 0.680. The van der Waals surface area contributed by atoms with Crippen molar-refractivity contribution in [2.45, 2.75) is 65.4 Å². The molecule has 6 atom stereocenters. The molecule has 0 heterocycles. The largest absolute Gasteiger partial charge is 0.396 e. The molecular formula is C20H32O4. The Morgan fingerprint density at radius 1 is 1.21 bits per heavy atom. The zero-order valence-electron chi connectivity index (χ0n) is 15.2. The number of hydrogen-bond donors (Lipinski definition) is 3. The lowest BCUT2D eigenvalue weighted by Crippen LogP contribution is -2.56. The summed E-state index contributed by atoms with van der Waals surface area (Å²) in [7, 11) is 0. The molecule has 6 unspecified atom stereocenters. The normalized spacial score (nSPS) is 48.2. The molecule has 0 saturated heterocycles. The van der Waals surface area contributed by atoms with Crippen LogP contribution in [0.2, 0.25) is 0 Å². The van der Waals surface area contributed by atoms with Crippen molar-refractivity contribution in [2.24, 2.45) is 28.1 Å². The fourth-order valence-corrected chi connectivity index (χ4v) is 6.36. The van der Waals surface area contributed by atoms with Crippen LogP contribution in [0.25, 0.3) is 0 Å². The van der Waals surface area contributed by atoms with Crippen LogP contribution in [0.3, 0.4) is 0 Å². The van der Waals surface area contributed by atoms with E-state index in [0.717, 1.165) is 32.1 Å². The maximum atomic E-state index is 12.2. The zero-order valence-corrected chi connectivity index (χ0v) is 15.2. The molecule has 0 aromatic rings. The Kier molecular flexibility index (Phi) is 4.47. The fraction of sp³-hybridized carbons (Fsp3) is 0.850. The van der Waals surface area contributed by atoms with Crippen LogP contribution in [0.1, 0.15) is 59.3 Å². The highest BCUT2D eigenvalue weighted by Crippen LogP contribution is 2.63.